The number of hydrogen-bond donors (Lipinski definition) is 0. The third kappa shape index (κ3) is 1.52. The summed E-state index contributed by atoms with van der Waals surface area (Å²) < 4.78 is 12.5. The maximum atomic E-state index is 12.5. The molecule has 0 fully saturated rings. The first-order valence-corrected chi connectivity index (χ1v) is 3.67. The maximum absolute atomic E-state index is 12.5. The van der Waals surface area contributed by atoms with Crippen LogP contribution in [0, 0.1) is 11.9 Å². The largest absolute Gasteiger partial charge is 0.207 e. The van der Waals surface area contributed by atoms with Crippen molar-refractivity contribution >= 4 is 15.9 Å². The summed E-state index contributed by atoms with van der Waals surface area (Å²) in [5.74, 6) is -0.200. The Hall–Kier alpha value is -0.370. The van der Waals surface area contributed by atoms with E-state index in [4.69, 9.17) is 0 Å². The van der Waals surface area contributed by atoms with Crippen molar-refractivity contribution in [2.45, 2.75) is 5.33 Å². The van der Waals surface area contributed by atoms with Crippen LogP contribution in [-0.2, 0) is 5.33 Å². The Morgan fingerprint density at radius 1 is 1.67 bits per heavy atom. The van der Waals surface area contributed by atoms with E-state index >= 15 is 0 Å². The minimum absolute atomic E-state index is 0.200. The number of halogens is 2. The highest BCUT2D eigenvalue weighted by Crippen LogP contribution is 2.08. The Kier molecular flexibility index (Phi) is 2.22. The Morgan fingerprint density at radius 2 is 2.44 bits per heavy atom. The first-order valence-electron chi connectivity index (χ1n) is 2.55. The molecular formula is C7H5BrF. The zero-order valence-electron chi connectivity index (χ0n) is 4.70. The molecule has 0 aliphatic carbocycles. The lowest BCUT2D eigenvalue weighted by Gasteiger charge is -1.93. The Labute approximate surface area is 61.8 Å². The predicted octanol–water partition coefficient (Wildman–Crippen LogP) is 2.52. The van der Waals surface area contributed by atoms with E-state index in [2.05, 4.69) is 22.0 Å². The normalized spacial score (nSPS) is 9.56. The fourth-order valence-corrected chi connectivity index (χ4v) is 1.01. The van der Waals surface area contributed by atoms with Crippen molar-refractivity contribution in [3.8, 4) is 0 Å². The smallest absolute Gasteiger partial charge is 0.127 e. The third-order valence-corrected chi connectivity index (χ3v) is 1.65. The molecule has 0 aliphatic rings. The van der Waals surface area contributed by atoms with Gasteiger partial charge in [-0.1, -0.05) is 28.1 Å². The molecule has 0 spiro atoms. The lowest BCUT2D eigenvalue weighted by molar-refractivity contribution is 0.617. The zero-order valence-corrected chi connectivity index (χ0v) is 6.28. The molecular weight excluding hydrogens is 183 g/mol. The average Bonchev–Trinajstić information content (AvgIpc) is 1.89. The van der Waals surface area contributed by atoms with E-state index in [1.807, 2.05) is 0 Å². The molecule has 2 heteroatoms. The van der Waals surface area contributed by atoms with Crippen LogP contribution in [-0.4, -0.2) is 0 Å². The van der Waals surface area contributed by atoms with Crippen LogP contribution in [0.1, 0.15) is 5.56 Å². The van der Waals surface area contributed by atoms with Crippen molar-refractivity contribution < 1.29 is 4.39 Å². The van der Waals surface area contributed by atoms with Crippen molar-refractivity contribution in [3.05, 3.63) is 35.6 Å². The molecule has 0 heterocycles. The summed E-state index contributed by atoms with van der Waals surface area (Å²) in [5, 5.41) is 0.563. The van der Waals surface area contributed by atoms with E-state index in [1.54, 1.807) is 12.1 Å². The van der Waals surface area contributed by atoms with Gasteiger partial charge in [0.15, 0.2) is 0 Å². The summed E-state index contributed by atoms with van der Waals surface area (Å²) in [6.07, 6.45) is 0. The summed E-state index contributed by atoms with van der Waals surface area (Å²) in [5.41, 5.74) is 0.675. The number of benzene rings is 1. The van der Waals surface area contributed by atoms with E-state index in [1.165, 1.54) is 6.07 Å². The second-order valence-electron chi connectivity index (χ2n) is 1.65. The Bertz CT molecular complexity index is 198. The van der Waals surface area contributed by atoms with Gasteiger partial charge in [0, 0.05) is 5.33 Å². The molecule has 0 unspecified atom stereocenters. The topological polar surface area (TPSA) is 0 Å². The maximum Gasteiger partial charge on any atom is 0.127 e. The van der Waals surface area contributed by atoms with Gasteiger partial charge >= 0.3 is 0 Å². The van der Waals surface area contributed by atoms with Gasteiger partial charge in [-0.15, -0.1) is 0 Å². The van der Waals surface area contributed by atoms with Crippen LogP contribution >= 0.6 is 15.9 Å². The predicted molar refractivity (Wildman–Crippen MR) is 37.9 cm³/mol. The second-order valence-corrected chi connectivity index (χ2v) is 2.21. The molecule has 1 radical (unpaired) electrons. The summed E-state index contributed by atoms with van der Waals surface area (Å²) in [6.45, 7) is 0. The lowest BCUT2D eigenvalue weighted by atomic mass is 10.2. The van der Waals surface area contributed by atoms with Crippen LogP contribution in [0.4, 0.5) is 4.39 Å². The second kappa shape index (κ2) is 2.97. The highest BCUT2D eigenvalue weighted by molar-refractivity contribution is 9.08. The summed E-state index contributed by atoms with van der Waals surface area (Å²) in [4.78, 5) is 0. The van der Waals surface area contributed by atoms with Crippen molar-refractivity contribution in [3.63, 3.8) is 0 Å². The monoisotopic (exact) mass is 187 g/mol. The van der Waals surface area contributed by atoms with Crippen LogP contribution in [0.25, 0.3) is 0 Å². The molecule has 0 aliphatic heterocycles. The van der Waals surface area contributed by atoms with Gasteiger partial charge < -0.3 is 0 Å². The first kappa shape index (κ1) is 6.75. The number of rotatable bonds is 1. The van der Waals surface area contributed by atoms with Crippen molar-refractivity contribution in [2.24, 2.45) is 0 Å². The molecule has 0 aromatic heterocycles. The molecule has 0 N–H and O–H groups in total. The molecule has 0 saturated carbocycles. The minimum atomic E-state index is -0.200. The van der Waals surface area contributed by atoms with Gasteiger partial charge in [0.1, 0.15) is 5.82 Å². The Balaban J connectivity index is 3.01. The van der Waals surface area contributed by atoms with Gasteiger partial charge in [-0.25, -0.2) is 4.39 Å². The highest BCUT2D eigenvalue weighted by Gasteiger charge is 1.95. The van der Waals surface area contributed by atoms with Crippen LogP contribution < -0.4 is 0 Å². The van der Waals surface area contributed by atoms with E-state index in [0.29, 0.717) is 10.9 Å². The highest BCUT2D eigenvalue weighted by atomic mass is 79.9. The summed E-state index contributed by atoms with van der Waals surface area (Å²) in [6, 6.07) is 7.36. The Morgan fingerprint density at radius 3 is 2.89 bits per heavy atom. The van der Waals surface area contributed by atoms with E-state index < -0.39 is 0 Å². The molecule has 0 atom stereocenters. The van der Waals surface area contributed by atoms with Gasteiger partial charge in [0.05, 0.1) is 0 Å². The summed E-state index contributed by atoms with van der Waals surface area (Å²) in [7, 11) is 0. The van der Waals surface area contributed by atoms with E-state index in [0.717, 1.165) is 0 Å². The fourth-order valence-electron chi connectivity index (χ4n) is 0.551. The van der Waals surface area contributed by atoms with Gasteiger partial charge in [0.25, 0.3) is 0 Å². The molecule has 0 saturated heterocycles. The van der Waals surface area contributed by atoms with E-state index in [-0.39, 0.29) is 5.82 Å². The molecule has 1 rings (SSSR count). The van der Waals surface area contributed by atoms with Crippen molar-refractivity contribution in [1.29, 1.82) is 0 Å². The van der Waals surface area contributed by atoms with Crippen LogP contribution in [0.2, 0.25) is 0 Å². The zero-order chi connectivity index (χ0) is 6.69. The SMILES string of the molecule is Fc1c[c]ccc1CBr. The molecule has 0 nitrogen and oxygen atoms in total. The van der Waals surface area contributed by atoms with Gasteiger partial charge in [-0.05, 0) is 17.7 Å². The van der Waals surface area contributed by atoms with Crippen LogP contribution in [0.3, 0.4) is 0 Å². The lowest BCUT2D eigenvalue weighted by Crippen LogP contribution is -1.82. The third-order valence-electron chi connectivity index (χ3n) is 1.04. The van der Waals surface area contributed by atoms with Gasteiger partial charge in [-0.2, -0.15) is 0 Å². The number of alkyl halides is 1. The molecule has 1 aromatic rings. The van der Waals surface area contributed by atoms with Crippen LogP contribution in [0.15, 0.2) is 18.2 Å². The number of hydrogen-bond acceptors (Lipinski definition) is 0. The minimum Gasteiger partial charge on any atom is -0.207 e. The van der Waals surface area contributed by atoms with Gasteiger partial charge in [0.2, 0.25) is 0 Å². The molecule has 0 bridgehead atoms. The van der Waals surface area contributed by atoms with Gasteiger partial charge in [-0.3, -0.25) is 0 Å². The molecule has 1 aromatic carbocycles. The first-order chi connectivity index (χ1) is 4.34. The fraction of sp³-hybridized carbons (Fsp3) is 0.143. The molecule has 47 valence electrons. The average molecular weight is 188 g/mol. The van der Waals surface area contributed by atoms with E-state index in [9.17, 15) is 4.39 Å². The molecule has 9 heavy (non-hydrogen) atoms. The van der Waals surface area contributed by atoms with Crippen LogP contribution in [0.5, 0.6) is 0 Å². The summed E-state index contributed by atoms with van der Waals surface area (Å²) >= 11 is 3.15. The molecule has 0 amide bonds. The van der Waals surface area contributed by atoms with Crippen molar-refractivity contribution in [1.82, 2.24) is 0 Å². The van der Waals surface area contributed by atoms with Crippen molar-refractivity contribution in [2.75, 3.05) is 0 Å². The quantitative estimate of drug-likeness (QED) is 0.594. The standard InChI is InChI=1S/C7H5BrF/c8-5-6-3-1-2-4-7(6)9/h1,3-4H,5H2.